The highest BCUT2D eigenvalue weighted by Gasteiger charge is 2.08. The van der Waals surface area contributed by atoms with Crippen LogP contribution in [-0.2, 0) is 13.1 Å². The molecule has 0 radical (unpaired) electrons. The van der Waals surface area contributed by atoms with Gasteiger partial charge in [0, 0.05) is 36.9 Å². The molecule has 0 unspecified atom stereocenters. The molecule has 106 valence electrons. The molecule has 1 aromatic heterocycles. The second kappa shape index (κ2) is 7.27. The maximum atomic E-state index is 5.91. The topological polar surface area (TPSA) is 28.2 Å². The first kappa shape index (κ1) is 14.8. The third kappa shape index (κ3) is 3.95. The molecule has 4 heteroatoms. The lowest BCUT2D eigenvalue weighted by Crippen LogP contribution is -2.21. The number of nitrogens with one attached hydrogen (secondary N) is 1. The van der Waals surface area contributed by atoms with Gasteiger partial charge in [0.05, 0.1) is 0 Å². The minimum absolute atomic E-state index is 0.766. The Labute approximate surface area is 125 Å². The van der Waals surface area contributed by atoms with E-state index in [1.54, 1.807) is 0 Å². The van der Waals surface area contributed by atoms with Crippen LogP contribution in [0.2, 0.25) is 5.02 Å². The number of hydrogen-bond acceptors (Lipinski definition) is 3. The van der Waals surface area contributed by atoms with Crippen molar-refractivity contribution in [1.82, 2.24) is 10.3 Å². The van der Waals surface area contributed by atoms with Crippen LogP contribution in [0.5, 0.6) is 0 Å². The predicted octanol–water partition coefficient (Wildman–Crippen LogP) is 3.48. The Kier molecular flexibility index (Phi) is 5.39. The van der Waals surface area contributed by atoms with Crippen molar-refractivity contribution in [2.45, 2.75) is 20.0 Å². The van der Waals surface area contributed by atoms with Crippen LogP contribution >= 0.6 is 11.6 Å². The number of anilines is 1. The van der Waals surface area contributed by atoms with E-state index in [0.717, 1.165) is 30.5 Å². The Hall–Kier alpha value is -1.58. The maximum Gasteiger partial charge on any atom is 0.133 e. The van der Waals surface area contributed by atoms with Crippen molar-refractivity contribution in [2.75, 3.05) is 18.5 Å². The Bertz CT molecular complexity index is 540. The number of benzene rings is 1. The number of aromatic nitrogens is 1. The van der Waals surface area contributed by atoms with Crippen LogP contribution in [0.15, 0.2) is 42.6 Å². The zero-order chi connectivity index (χ0) is 14.4. The maximum absolute atomic E-state index is 5.91. The lowest BCUT2D eigenvalue weighted by Gasteiger charge is -2.21. The van der Waals surface area contributed by atoms with Gasteiger partial charge in [-0.15, -0.1) is 0 Å². The highest BCUT2D eigenvalue weighted by molar-refractivity contribution is 6.30. The lowest BCUT2D eigenvalue weighted by molar-refractivity contribution is 0.719. The molecule has 0 amide bonds. The number of pyridine rings is 1. The van der Waals surface area contributed by atoms with Gasteiger partial charge in [0.15, 0.2) is 0 Å². The number of halogens is 1. The molecule has 20 heavy (non-hydrogen) atoms. The quantitative estimate of drug-likeness (QED) is 0.882. The summed E-state index contributed by atoms with van der Waals surface area (Å²) in [7, 11) is 2.06. The second-order valence-corrected chi connectivity index (χ2v) is 5.19. The zero-order valence-corrected chi connectivity index (χ0v) is 12.7. The number of rotatable bonds is 6. The van der Waals surface area contributed by atoms with E-state index in [0.29, 0.717) is 0 Å². The van der Waals surface area contributed by atoms with E-state index in [1.807, 2.05) is 36.5 Å². The number of hydrogen-bond donors (Lipinski definition) is 1. The van der Waals surface area contributed by atoms with Crippen LogP contribution in [0.4, 0.5) is 5.82 Å². The van der Waals surface area contributed by atoms with E-state index in [9.17, 15) is 0 Å². The normalized spacial score (nSPS) is 10.6. The molecule has 0 fully saturated rings. The van der Waals surface area contributed by atoms with Crippen LogP contribution in [-0.4, -0.2) is 18.6 Å². The van der Waals surface area contributed by atoms with Crippen molar-refractivity contribution in [1.29, 1.82) is 0 Å². The molecule has 0 saturated heterocycles. The van der Waals surface area contributed by atoms with E-state index in [2.05, 4.69) is 35.2 Å². The summed E-state index contributed by atoms with van der Waals surface area (Å²) in [6.07, 6.45) is 1.84. The molecule has 1 aromatic carbocycles. The molecule has 0 saturated carbocycles. The smallest absolute Gasteiger partial charge is 0.133 e. The molecule has 0 atom stereocenters. The molecule has 0 aliphatic carbocycles. The summed E-state index contributed by atoms with van der Waals surface area (Å²) < 4.78 is 0. The molecule has 0 aliphatic heterocycles. The van der Waals surface area contributed by atoms with Gasteiger partial charge in [-0.25, -0.2) is 4.98 Å². The van der Waals surface area contributed by atoms with Gasteiger partial charge in [0.2, 0.25) is 0 Å². The van der Waals surface area contributed by atoms with E-state index in [-0.39, 0.29) is 0 Å². The zero-order valence-electron chi connectivity index (χ0n) is 11.9. The summed E-state index contributed by atoms with van der Waals surface area (Å²) >= 11 is 5.91. The van der Waals surface area contributed by atoms with Crippen LogP contribution < -0.4 is 10.2 Å². The fourth-order valence-corrected chi connectivity index (χ4v) is 2.24. The summed E-state index contributed by atoms with van der Waals surface area (Å²) in [4.78, 5) is 6.67. The highest BCUT2D eigenvalue weighted by atomic mass is 35.5. The van der Waals surface area contributed by atoms with Gasteiger partial charge in [-0.2, -0.15) is 0 Å². The van der Waals surface area contributed by atoms with E-state index < -0.39 is 0 Å². The Balaban J connectivity index is 2.12. The van der Waals surface area contributed by atoms with Crippen LogP contribution in [0.1, 0.15) is 18.1 Å². The molecule has 0 aliphatic rings. The van der Waals surface area contributed by atoms with Crippen molar-refractivity contribution in [3.05, 3.63) is 58.7 Å². The molecule has 3 nitrogen and oxygen atoms in total. The molecule has 1 heterocycles. The summed E-state index contributed by atoms with van der Waals surface area (Å²) in [6.45, 7) is 4.71. The monoisotopic (exact) mass is 289 g/mol. The van der Waals surface area contributed by atoms with Gasteiger partial charge in [-0.3, -0.25) is 0 Å². The molecule has 0 bridgehead atoms. The van der Waals surface area contributed by atoms with Crippen molar-refractivity contribution >= 4 is 17.4 Å². The van der Waals surface area contributed by atoms with E-state index >= 15 is 0 Å². The van der Waals surface area contributed by atoms with Crippen molar-refractivity contribution in [3.8, 4) is 0 Å². The third-order valence-electron chi connectivity index (χ3n) is 3.13. The Morgan fingerprint density at radius 1 is 1.20 bits per heavy atom. The van der Waals surface area contributed by atoms with Crippen LogP contribution in [0.25, 0.3) is 0 Å². The van der Waals surface area contributed by atoms with Crippen LogP contribution in [0, 0.1) is 0 Å². The van der Waals surface area contributed by atoms with Gasteiger partial charge in [0.1, 0.15) is 5.82 Å². The summed E-state index contributed by atoms with van der Waals surface area (Å²) in [5, 5.41) is 4.11. The van der Waals surface area contributed by atoms with Crippen molar-refractivity contribution < 1.29 is 0 Å². The molecule has 2 aromatic rings. The van der Waals surface area contributed by atoms with E-state index in [4.69, 9.17) is 11.6 Å². The summed E-state index contributed by atoms with van der Waals surface area (Å²) in [5.74, 6) is 1.02. The molecular weight excluding hydrogens is 270 g/mol. The number of nitrogens with zero attached hydrogens (tertiary/aromatic N) is 2. The fraction of sp³-hybridized carbons (Fsp3) is 0.312. The molecule has 2 rings (SSSR count). The van der Waals surface area contributed by atoms with Gasteiger partial charge < -0.3 is 10.2 Å². The molecule has 1 N–H and O–H groups in total. The lowest BCUT2D eigenvalue weighted by atomic mass is 10.2. The predicted molar refractivity (Wildman–Crippen MR) is 85.2 cm³/mol. The van der Waals surface area contributed by atoms with Crippen LogP contribution in [0.3, 0.4) is 0 Å². The average molecular weight is 290 g/mol. The van der Waals surface area contributed by atoms with Gasteiger partial charge in [-0.05, 0) is 30.3 Å². The molecular formula is C16H20ClN3. The van der Waals surface area contributed by atoms with Gasteiger partial charge in [0.25, 0.3) is 0 Å². The third-order valence-corrected chi connectivity index (χ3v) is 3.38. The first-order valence-corrected chi connectivity index (χ1v) is 7.18. The Morgan fingerprint density at radius 2 is 1.95 bits per heavy atom. The minimum Gasteiger partial charge on any atom is -0.355 e. The average Bonchev–Trinajstić information content (AvgIpc) is 2.47. The minimum atomic E-state index is 0.766. The van der Waals surface area contributed by atoms with E-state index in [1.165, 1.54) is 11.1 Å². The van der Waals surface area contributed by atoms with Crippen molar-refractivity contribution in [3.63, 3.8) is 0 Å². The Morgan fingerprint density at radius 3 is 2.65 bits per heavy atom. The SMILES string of the molecule is CCNCc1cccnc1N(C)Cc1ccc(Cl)cc1. The largest absolute Gasteiger partial charge is 0.355 e. The van der Waals surface area contributed by atoms with Gasteiger partial charge in [-0.1, -0.05) is 36.7 Å². The molecule has 0 spiro atoms. The highest BCUT2D eigenvalue weighted by Crippen LogP contribution is 2.19. The fourth-order valence-electron chi connectivity index (χ4n) is 2.11. The summed E-state index contributed by atoms with van der Waals surface area (Å²) in [6, 6.07) is 12.0. The van der Waals surface area contributed by atoms with Crippen molar-refractivity contribution in [2.24, 2.45) is 0 Å². The second-order valence-electron chi connectivity index (χ2n) is 4.75. The van der Waals surface area contributed by atoms with Gasteiger partial charge >= 0.3 is 0 Å². The first-order valence-electron chi connectivity index (χ1n) is 6.81. The summed E-state index contributed by atoms with van der Waals surface area (Å²) in [5.41, 5.74) is 2.43. The standard InChI is InChI=1S/C16H20ClN3/c1-3-18-11-14-5-4-10-19-16(14)20(2)12-13-6-8-15(17)9-7-13/h4-10,18H,3,11-12H2,1-2H3. The first-order chi connectivity index (χ1) is 9.70.